The molecule has 8 nitrogen and oxygen atoms in total. The fraction of sp³-hybridized carbons (Fsp3) is 0.636. The van der Waals surface area contributed by atoms with Crippen molar-refractivity contribution in [2.75, 3.05) is 37.9 Å². The summed E-state index contributed by atoms with van der Waals surface area (Å²) >= 11 is 5.80. The fourth-order valence-corrected chi connectivity index (χ4v) is 1.34. The molecule has 0 saturated carbocycles. The molecule has 0 atom stereocenters. The molecule has 0 fully saturated rings. The van der Waals surface area contributed by atoms with Crippen LogP contribution in [0.4, 0.5) is 16.7 Å². The highest BCUT2D eigenvalue weighted by Crippen LogP contribution is 2.10. The zero-order valence-corrected chi connectivity index (χ0v) is 12.7. The highest BCUT2D eigenvalue weighted by Gasteiger charge is 2.07. The lowest BCUT2D eigenvalue weighted by Gasteiger charge is -2.12. The number of anilines is 2. The van der Waals surface area contributed by atoms with E-state index in [1.165, 1.54) is 4.90 Å². The molecule has 0 spiro atoms. The normalized spacial score (nSPS) is 10.3. The molecule has 1 aromatic heterocycles. The van der Waals surface area contributed by atoms with Crippen LogP contribution < -0.4 is 10.6 Å². The predicted octanol–water partition coefficient (Wildman–Crippen LogP) is 1.46. The highest BCUT2D eigenvalue weighted by molar-refractivity contribution is 6.28. The molecule has 0 unspecified atom stereocenters. The second-order valence-electron chi connectivity index (χ2n) is 4.49. The molecule has 9 heteroatoms. The topological polar surface area (TPSA) is 92.3 Å². The molecule has 0 saturated heterocycles. The number of ether oxygens (including phenoxy) is 1. The van der Waals surface area contributed by atoms with Gasteiger partial charge in [-0.2, -0.15) is 15.0 Å². The minimum absolute atomic E-state index is 0.0935. The lowest BCUT2D eigenvalue weighted by Crippen LogP contribution is -2.25. The van der Waals surface area contributed by atoms with E-state index in [1.807, 2.05) is 13.8 Å². The van der Waals surface area contributed by atoms with E-state index in [0.29, 0.717) is 18.4 Å². The van der Waals surface area contributed by atoms with Gasteiger partial charge in [0.2, 0.25) is 17.2 Å². The SMILES string of the molecule is CC(C)Nc1nc(Cl)nc(NCCOC(=O)N(C)C)n1. The van der Waals surface area contributed by atoms with Crippen LogP contribution in [0.1, 0.15) is 13.8 Å². The third-order valence-corrected chi connectivity index (χ3v) is 2.17. The van der Waals surface area contributed by atoms with Crippen molar-refractivity contribution < 1.29 is 9.53 Å². The van der Waals surface area contributed by atoms with Crippen molar-refractivity contribution >= 4 is 29.6 Å². The van der Waals surface area contributed by atoms with Crippen molar-refractivity contribution in [2.24, 2.45) is 0 Å². The number of carbonyl (C=O) groups excluding carboxylic acids is 1. The zero-order valence-electron chi connectivity index (χ0n) is 12.0. The average molecular weight is 303 g/mol. The third kappa shape index (κ3) is 5.87. The molecular formula is C11H19ClN6O2. The molecule has 2 N–H and O–H groups in total. The van der Waals surface area contributed by atoms with Crippen LogP contribution in [-0.4, -0.2) is 59.2 Å². The van der Waals surface area contributed by atoms with E-state index in [0.717, 1.165) is 0 Å². The second kappa shape index (κ2) is 7.68. The molecule has 0 aromatic carbocycles. The van der Waals surface area contributed by atoms with Gasteiger partial charge >= 0.3 is 6.09 Å². The number of nitrogens with one attached hydrogen (secondary N) is 2. The highest BCUT2D eigenvalue weighted by atomic mass is 35.5. The van der Waals surface area contributed by atoms with Gasteiger partial charge in [-0.25, -0.2) is 4.79 Å². The Kier molecular flexibility index (Phi) is 6.23. The van der Waals surface area contributed by atoms with Gasteiger partial charge in [-0.3, -0.25) is 0 Å². The minimum atomic E-state index is -0.400. The van der Waals surface area contributed by atoms with Crippen LogP contribution in [0.15, 0.2) is 0 Å². The fourth-order valence-electron chi connectivity index (χ4n) is 1.18. The first-order chi connectivity index (χ1) is 9.38. The van der Waals surface area contributed by atoms with Crippen molar-refractivity contribution in [1.82, 2.24) is 19.9 Å². The number of nitrogens with zero attached hydrogens (tertiary/aromatic N) is 4. The molecule has 1 aromatic rings. The van der Waals surface area contributed by atoms with Crippen LogP contribution in [0.2, 0.25) is 5.28 Å². The maximum Gasteiger partial charge on any atom is 0.409 e. The van der Waals surface area contributed by atoms with E-state index in [-0.39, 0.29) is 17.9 Å². The van der Waals surface area contributed by atoms with Crippen LogP contribution in [0.3, 0.4) is 0 Å². The van der Waals surface area contributed by atoms with Crippen molar-refractivity contribution in [3.63, 3.8) is 0 Å². The largest absolute Gasteiger partial charge is 0.448 e. The van der Waals surface area contributed by atoms with Gasteiger partial charge in [0.1, 0.15) is 6.61 Å². The molecule has 1 amide bonds. The molecule has 0 aliphatic rings. The molecule has 0 aliphatic heterocycles. The summed E-state index contributed by atoms with van der Waals surface area (Å²) in [4.78, 5) is 24.6. The first kappa shape index (κ1) is 16.2. The van der Waals surface area contributed by atoms with E-state index in [9.17, 15) is 4.79 Å². The summed E-state index contributed by atoms with van der Waals surface area (Å²) in [6, 6.07) is 0.183. The van der Waals surface area contributed by atoms with Gasteiger partial charge in [-0.05, 0) is 25.4 Å². The number of carbonyl (C=O) groups is 1. The maximum absolute atomic E-state index is 11.2. The summed E-state index contributed by atoms with van der Waals surface area (Å²) in [5.41, 5.74) is 0. The van der Waals surface area contributed by atoms with Crippen molar-refractivity contribution in [3.05, 3.63) is 5.28 Å². The summed E-state index contributed by atoms with van der Waals surface area (Å²) in [5.74, 6) is 0.724. The number of halogens is 1. The molecule has 1 rings (SSSR count). The zero-order chi connectivity index (χ0) is 15.1. The van der Waals surface area contributed by atoms with Crippen LogP contribution in [0, 0.1) is 0 Å². The first-order valence-corrected chi connectivity index (χ1v) is 6.52. The Hall–Kier alpha value is -1.83. The van der Waals surface area contributed by atoms with Crippen molar-refractivity contribution in [3.8, 4) is 0 Å². The van der Waals surface area contributed by atoms with Gasteiger partial charge in [0.05, 0.1) is 6.54 Å². The Balaban J connectivity index is 2.47. The van der Waals surface area contributed by atoms with E-state index in [4.69, 9.17) is 16.3 Å². The van der Waals surface area contributed by atoms with Gasteiger partial charge in [0, 0.05) is 20.1 Å². The summed E-state index contributed by atoms with van der Waals surface area (Å²) in [6.07, 6.45) is -0.400. The van der Waals surface area contributed by atoms with E-state index < -0.39 is 6.09 Å². The summed E-state index contributed by atoms with van der Waals surface area (Å²) in [6.45, 7) is 4.51. The maximum atomic E-state index is 11.2. The van der Waals surface area contributed by atoms with Crippen LogP contribution in [-0.2, 0) is 4.74 Å². The van der Waals surface area contributed by atoms with E-state index in [1.54, 1.807) is 14.1 Å². The van der Waals surface area contributed by atoms with Gasteiger partial charge in [-0.1, -0.05) is 0 Å². The lowest BCUT2D eigenvalue weighted by atomic mass is 10.4. The molecular weight excluding hydrogens is 284 g/mol. The monoisotopic (exact) mass is 302 g/mol. The molecule has 20 heavy (non-hydrogen) atoms. The molecule has 112 valence electrons. The third-order valence-electron chi connectivity index (χ3n) is 2.00. The summed E-state index contributed by atoms with van der Waals surface area (Å²) in [5, 5.41) is 6.04. The average Bonchev–Trinajstić information content (AvgIpc) is 2.32. The Labute approximate surface area is 122 Å². The second-order valence-corrected chi connectivity index (χ2v) is 4.82. The number of hydrogen-bond donors (Lipinski definition) is 2. The van der Waals surface area contributed by atoms with Gasteiger partial charge in [0.15, 0.2) is 0 Å². The van der Waals surface area contributed by atoms with E-state index >= 15 is 0 Å². The summed E-state index contributed by atoms with van der Waals surface area (Å²) in [7, 11) is 3.23. The Morgan fingerprint density at radius 1 is 1.30 bits per heavy atom. The Bertz CT molecular complexity index is 455. The number of aromatic nitrogens is 3. The van der Waals surface area contributed by atoms with Gasteiger partial charge in [0.25, 0.3) is 0 Å². The Morgan fingerprint density at radius 3 is 2.55 bits per heavy atom. The smallest absolute Gasteiger partial charge is 0.409 e. The number of amides is 1. The quantitative estimate of drug-likeness (QED) is 0.768. The van der Waals surface area contributed by atoms with Crippen molar-refractivity contribution in [2.45, 2.75) is 19.9 Å². The molecule has 0 aliphatic carbocycles. The van der Waals surface area contributed by atoms with Crippen LogP contribution in [0.5, 0.6) is 0 Å². The van der Waals surface area contributed by atoms with Crippen molar-refractivity contribution in [1.29, 1.82) is 0 Å². The number of rotatable bonds is 6. The Morgan fingerprint density at radius 2 is 1.95 bits per heavy atom. The van der Waals surface area contributed by atoms with Gasteiger partial charge < -0.3 is 20.3 Å². The van der Waals surface area contributed by atoms with Crippen LogP contribution >= 0.6 is 11.6 Å². The molecule has 1 heterocycles. The van der Waals surface area contributed by atoms with Crippen LogP contribution in [0.25, 0.3) is 0 Å². The predicted molar refractivity (Wildman–Crippen MR) is 77.1 cm³/mol. The summed E-state index contributed by atoms with van der Waals surface area (Å²) < 4.78 is 4.95. The standard InChI is InChI=1S/C11H19ClN6O2/c1-7(2)14-10-16-8(12)15-9(17-10)13-5-6-20-11(19)18(3)4/h7H,5-6H2,1-4H3,(H2,13,14,15,16,17). The molecule has 0 radical (unpaired) electrons. The first-order valence-electron chi connectivity index (χ1n) is 6.14. The van der Waals surface area contributed by atoms with E-state index in [2.05, 4.69) is 25.6 Å². The number of hydrogen-bond acceptors (Lipinski definition) is 7. The minimum Gasteiger partial charge on any atom is -0.448 e. The molecule has 0 bridgehead atoms. The lowest BCUT2D eigenvalue weighted by molar-refractivity contribution is 0.122. The van der Waals surface area contributed by atoms with Gasteiger partial charge in [-0.15, -0.1) is 0 Å².